The molecule has 0 saturated heterocycles. The van der Waals surface area contributed by atoms with Gasteiger partial charge in [-0.2, -0.15) is 0 Å². The van der Waals surface area contributed by atoms with E-state index in [1.165, 1.54) is 0 Å². The summed E-state index contributed by atoms with van der Waals surface area (Å²) in [5, 5.41) is 0. The van der Waals surface area contributed by atoms with E-state index in [-0.39, 0.29) is 11.9 Å². The lowest BCUT2D eigenvalue weighted by molar-refractivity contribution is 0.401. The Morgan fingerprint density at radius 1 is 1.21 bits per heavy atom. The summed E-state index contributed by atoms with van der Waals surface area (Å²) >= 11 is 0. The summed E-state index contributed by atoms with van der Waals surface area (Å²) in [5.41, 5.74) is 8.52. The van der Waals surface area contributed by atoms with E-state index in [9.17, 15) is 4.39 Å². The predicted molar refractivity (Wildman–Crippen MR) is 80.2 cm³/mol. The first-order valence-electron chi connectivity index (χ1n) is 6.74. The first kappa shape index (κ1) is 15.9. The van der Waals surface area contributed by atoms with E-state index in [2.05, 4.69) is 23.9 Å². The van der Waals surface area contributed by atoms with Crippen LogP contribution in [-0.2, 0) is 0 Å². The first-order chi connectivity index (χ1) is 8.82. The Morgan fingerprint density at radius 2 is 1.84 bits per heavy atom. The monoisotopic (exact) mass is 267 g/mol. The van der Waals surface area contributed by atoms with Gasteiger partial charge < -0.3 is 15.5 Å². The minimum atomic E-state index is -0.183. The van der Waals surface area contributed by atoms with Crippen molar-refractivity contribution in [3.63, 3.8) is 0 Å². The zero-order chi connectivity index (χ0) is 14.6. The minimum absolute atomic E-state index is 0.165. The molecule has 1 aromatic rings. The van der Waals surface area contributed by atoms with Crippen LogP contribution in [-0.4, -0.2) is 39.1 Å². The van der Waals surface area contributed by atoms with Crippen molar-refractivity contribution in [2.24, 2.45) is 5.73 Å². The van der Waals surface area contributed by atoms with Gasteiger partial charge in [-0.25, -0.2) is 4.39 Å². The zero-order valence-corrected chi connectivity index (χ0v) is 12.7. The van der Waals surface area contributed by atoms with E-state index in [4.69, 9.17) is 5.73 Å². The van der Waals surface area contributed by atoms with Gasteiger partial charge in [-0.1, -0.05) is 0 Å². The first-order valence-corrected chi connectivity index (χ1v) is 6.74. The number of hydrogen-bond acceptors (Lipinski definition) is 3. The van der Waals surface area contributed by atoms with Crippen LogP contribution in [0.1, 0.15) is 30.5 Å². The van der Waals surface area contributed by atoms with E-state index in [1.807, 2.05) is 20.0 Å². The van der Waals surface area contributed by atoms with E-state index < -0.39 is 0 Å². The van der Waals surface area contributed by atoms with E-state index in [1.54, 1.807) is 13.0 Å². The van der Waals surface area contributed by atoms with Crippen molar-refractivity contribution in [3.8, 4) is 0 Å². The third kappa shape index (κ3) is 4.48. The molecule has 0 aliphatic carbocycles. The molecule has 2 N–H and O–H groups in total. The Kier molecular flexibility index (Phi) is 5.76. The minimum Gasteiger partial charge on any atom is -0.374 e. The van der Waals surface area contributed by atoms with Crippen molar-refractivity contribution in [2.75, 3.05) is 39.1 Å². The third-order valence-corrected chi connectivity index (χ3v) is 3.31. The second kappa shape index (κ2) is 6.87. The van der Waals surface area contributed by atoms with Gasteiger partial charge in [0.2, 0.25) is 0 Å². The second-order valence-electron chi connectivity index (χ2n) is 5.53. The lowest BCUT2D eigenvalue weighted by Gasteiger charge is -2.25. The molecule has 3 nitrogen and oxygen atoms in total. The molecule has 19 heavy (non-hydrogen) atoms. The molecule has 0 aliphatic rings. The van der Waals surface area contributed by atoms with Crippen LogP contribution >= 0.6 is 0 Å². The van der Waals surface area contributed by atoms with Crippen LogP contribution in [0.3, 0.4) is 0 Å². The summed E-state index contributed by atoms with van der Waals surface area (Å²) in [7, 11) is 6.17. The van der Waals surface area contributed by atoms with Gasteiger partial charge in [0.1, 0.15) is 5.82 Å². The fraction of sp³-hybridized carbons (Fsp3) is 0.600. The molecule has 4 heteroatoms. The predicted octanol–water partition coefficient (Wildman–Crippen LogP) is 2.54. The summed E-state index contributed by atoms with van der Waals surface area (Å²) < 4.78 is 13.7. The number of nitrogens with two attached hydrogens (primary N) is 1. The number of benzene rings is 1. The van der Waals surface area contributed by atoms with Crippen LogP contribution in [0.15, 0.2) is 12.1 Å². The highest BCUT2D eigenvalue weighted by molar-refractivity contribution is 5.56. The summed E-state index contributed by atoms with van der Waals surface area (Å²) in [6.07, 6.45) is 1.07. The maximum atomic E-state index is 13.7. The highest BCUT2D eigenvalue weighted by Crippen LogP contribution is 2.27. The smallest absolute Gasteiger partial charge is 0.126 e. The molecular formula is C15H26FN3. The average molecular weight is 267 g/mol. The molecule has 1 aromatic carbocycles. The van der Waals surface area contributed by atoms with Gasteiger partial charge in [0.05, 0.1) is 0 Å². The van der Waals surface area contributed by atoms with Gasteiger partial charge in [0.25, 0.3) is 0 Å². The number of nitrogens with zero attached hydrogens (tertiary/aromatic N) is 2. The standard InChI is InChI=1S/C15H26FN3/c1-11-9-15(13(12(2)17)10-14(11)16)19(5)8-6-7-18(3)4/h9-10,12H,6-8,17H2,1-5H3. The van der Waals surface area contributed by atoms with Gasteiger partial charge >= 0.3 is 0 Å². The summed E-state index contributed by atoms with van der Waals surface area (Å²) in [4.78, 5) is 4.32. The molecular weight excluding hydrogens is 241 g/mol. The fourth-order valence-corrected chi connectivity index (χ4v) is 2.12. The van der Waals surface area contributed by atoms with Crippen molar-refractivity contribution in [3.05, 3.63) is 29.1 Å². The molecule has 0 spiro atoms. The zero-order valence-electron chi connectivity index (χ0n) is 12.7. The van der Waals surface area contributed by atoms with Gasteiger partial charge in [0.15, 0.2) is 0 Å². The summed E-state index contributed by atoms with van der Waals surface area (Å²) in [5.74, 6) is -0.183. The number of aryl methyl sites for hydroxylation is 1. The molecule has 0 saturated carbocycles. The van der Waals surface area contributed by atoms with Gasteiger partial charge in [-0.15, -0.1) is 0 Å². The van der Waals surface area contributed by atoms with E-state index in [0.717, 1.165) is 30.8 Å². The fourth-order valence-electron chi connectivity index (χ4n) is 2.12. The van der Waals surface area contributed by atoms with Crippen molar-refractivity contribution < 1.29 is 4.39 Å². The van der Waals surface area contributed by atoms with Crippen LogP contribution < -0.4 is 10.6 Å². The number of anilines is 1. The second-order valence-corrected chi connectivity index (χ2v) is 5.53. The molecule has 0 aliphatic heterocycles. The quantitative estimate of drug-likeness (QED) is 0.859. The molecule has 0 fully saturated rings. The molecule has 0 radical (unpaired) electrons. The topological polar surface area (TPSA) is 32.5 Å². The Morgan fingerprint density at radius 3 is 2.37 bits per heavy atom. The highest BCUT2D eigenvalue weighted by Gasteiger charge is 2.14. The van der Waals surface area contributed by atoms with Gasteiger partial charge in [-0.05, 0) is 64.2 Å². The van der Waals surface area contributed by atoms with Crippen molar-refractivity contribution >= 4 is 5.69 Å². The molecule has 1 unspecified atom stereocenters. The Bertz CT molecular complexity index is 416. The van der Waals surface area contributed by atoms with Crippen LogP contribution in [0.4, 0.5) is 10.1 Å². The van der Waals surface area contributed by atoms with Crippen LogP contribution in [0.5, 0.6) is 0 Å². The van der Waals surface area contributed by atoms with E-state index in [0.29, 0.717) is 5.56 Å². The number of halogens is 1. The lowest BCUT2D eigenvalue weighted by atomic mass is 10.0. The Hall–Kier alpha value is -1.13. The SMILES string of the molecule is Cc1cc(N(C)CCCN(C)C)c(C(C)N)cc1F. The summed E-state index contributed by atoms with van der Waals surface area (Å²) in [6.45, 7) is 5.65. The van der Waals surface area contributed by atoms with Crippen LogP contribution in [0.25, 0.3) is 0 Å². The van der Waals surface area contributed by atoms with Crippen molar-refractivity contribution in [1.29, 1.82) is 0 Å². The Labute approximate surface area is 116 Å². The largest absolute Gasteiger partial charge is 0.374 e. The maximum Gasteiger partial charge on any atom is 0.126 e. The molecule has 0 bridgehead atoms. The summed E-state index contributed by atoms with van der Waals surface area (Å²) in [6, 6.07) is 3.29. The van der Waals surface area contributed by atoms with Crippen molar-refractivity contribution in [1.82, 2.24) is 4.90 Å². The molecule has 0 heterocycles. The van der Waals surface area contributed by atoms with Crippen LogP contribution in [0.2, 0.25) is 0 Å². The molecule has 1 rings (SSSR count). The van der Waals surface area contributed by atoms with Crippen molar-refractivity contribution in [2.45, 2.75) is 26.3 Å². The normalized spacial score (nSPS) is 12.8. The number of hydrogen-bond donors (Lipinski definition) is 1. The van der Waals surface area contributed by atoms with Crippen LogP contribution in [0, 0.1) is 12.7 Å². The van der Waals surface area contributed by atoms with E-state index >= 15 is 0 Å². The molecule has 108 valence electrons. The average Bonchev–Trinajstić information content (AvgIpc) is 2.31. The van der Waals surface area contributed by atoms with Gasteiger partial charge in [-0.3, -0.25) is 0 Å². The maximum absolute atomic E-state index is 13.7. The number of rotatable bonds is 6. The molecule has 1 atom stereocenters. The highest BCUT2D eigenvalue weighted by atomic mass is 19.1. The molecule has 0 amide bonds. The van der Waals surface area contributed by atoms with Gasteiger partial charge in [0, 0.05) is 25.3 Å². The third-order valence-electron chi connectivity index (χ3n) is 3.31. The Balaban J connectivity index is 2.88. The lowest BCUT2D eigenvalue weighted by Crippen LogP contribution is -2.25. The molecule has 0 aromatic heterocycles.